The maximum Gasteiger partial charge on any atom is 0.121 e. The number of piperazine rings is 1. The Bertz CT molecular complexity index is 1170. The van der Waals surface area contributed by atoms with Crippen molar-refractivity contribution in [2.24, 2.45) is 0 Å². The SMILES string of the molecule is COc1ccc(COc2cccc(N3CCN(Cc4ccc(-c5cccs5)cc4)CC3)c2)cc1. The molecule has 3 aromatic carbocycles. The van der Waals surface area contributed by atoms with Crippen molar-refractivity contribution in [3.8, 4) is 21.9 Å². The fraction of sp³-hybridized carbons (Fsp3) is 0.241. The summed E-state index contributed by atoms with van der Waals surface area (Å²) in [7, 11) is 1.68. The van der Waals surface area contributed by atoms with Gasteiger partial charge in [-0.25, -0.2) is 0 Å². The van der Waals surface area contributed by atoms with Crippen LogP contribution in [-0.4, -0.2) is 38.2 Å². The van der Waals surface area contributed by atoms with Gasteiger partial charge >= 0.3 is 0 Å². The molecule has 1 saturated heterocycles. The van der Waals surface area contributed by atoms with Crippen molar-refractivity contribution in [3.63, 3.8) is 0 Å². The van der Waals surface area contributed by atoms with Gasteiger partial charge in [0.1, 0.15) is 18.1 Å². The Morgan fingerprint density at radius 1 is 0.765 bits per heavy atom. The van der Waals surface area contributed by atoms with Gasteiger partial charge in [0.2, 0.25) is 0 Å². The maximum atomic E-state index is 6.06. The summed E-state index contributed by atoms with van der Waals surface area (Å²) in [6.07, 6.45) is 0. The van der Waals surface area contributed by atoms with E-state index >= 15 is 0 Å². The third-order valence-corrected chi connectivity index (χ3v) is 7.20. The van der Waals surface area contributed by atoms with Gasteiger partial charge in [-0.3, -0.25) is 4.90 Å². The van der Waals surface area contributed by atoms with E-state index in [0.717, 1.165) is 49.8 Å². The average molecular weight is 471 g/mol. The minimum absolute atomic E-state index is 0.548. The third kappa shape index (κ3) is 5.61. The van der Waals surface area contributed by atoms with Crippen LogP contribution >= 0.6 is 11.3 Å². The van der Waals surface area contributed by atoms with E-state index in [2.05, 4.69) is 69.8 Å². The molecule has 4 nitrogen and oxygen atoms in total. The lowest BCUT2D eigenvalue weighted by Gasteiger charge is -2.36. The number of nitrogens with zero attached hydrogens (tertiary/aromatic N) is 2. The van der Waals surface area contributed by atoms with Gasteiger partial charge < -0.3 is 14.4 Å². The highest BCUT2D eigenvalue weighted by Gasteiger charge is 2.18. The predicted molar refractivity (Wildman–Crippen MR) is 141 cm³/mol. The number of benzene rings is 3. The van der Waals surface area contributed by atoms with Gasteiger partial charge in [0.25, 0.3) is 0 Å². The number of thiophene rings is 1. The van der Waals surface area contributed by atoms with Crippen LogP contribution in [0.1, 0.15) is 11.1 Å². The molecule has 1 aromatic heterocycles. The topological polar surface area (TPSA) is 24.9 Å². The quantitative estimate of drug-likeness (QED) is 0.301. The summed E-state index contributed by atoms with van der Waals surface area (Å²) in [5, 5.41) is 2.13. The smallest absolute Gasteiger partial charge is 0.121 e. The largest absolute Gasteiger partial charge is 0.497 e. The van der Waals surface area contributed by atoms with Gasteiger partial charge in [-0.2, -0.15) is 0 Å². The van der Waals surface area contributed by atoms with E-state index < -0.39 is 0 Å². The van der Waals surface area contributed by atoms with Gasteiger partial charge in [0, 0.05) is 49.4 Å². The molecule has 0 unspecified atom stereocenters. The molecule has 1 aliphatic heterocycles. The molecule has 0 amide bonds. The van der Waals surface area contributed by atoms with Gasteiger partial charge in [0.15, 0.2) is 0 Å². The summed E-state index contributed by atoms with van der Waals surface area (Å²) in [6.45, 7) is 5.72. The molecule has 0 atom stereocenters. The van der Waals surface area contributed by atoms with Crippen molar-refractivity contribution < 1.29 is 9.47 Å². The summed E-state index contributed by atoms with van der Waals surface area (Å²) in [5.74, 6) is 1.77. The van der Waals surface area contributed by atoms with Crippen molar-refractivity contribution >= 4 is 17.0 Å². The number of ether oxygens (including phenoxy) is 2. The average Bonchev–Trinajstić information content (AvgIpc) is 3.44. The molecule has 174 valence electrons. The second kappa shape index (κ2) is 10.8. The first-order valence-electron chi connectivity index (χ1n) is 11.7. The van der Waals surface area contributed by atoms with Gasteiger partial charge in [-0.1, -0.05) is 48.5 Å². The van der Waals surface area contributed by atoms with Crippen molar-refractivity contribution in [1.29, 1.82) is 0 Å². The predicted octanol–water partition coefficient (Wildman–Crippen LogP) is 6.32. The van der Waals surface area contributed by atoms with Crippen molar-refractivity contribution in [3.05, 3.63) is 101 Å². The lowest BCUT2D eigenvalue weighted by molar-refractivity contribution is 0.249. The minimum Gasteiger partial charge on any atom is -0.497 e. The number of hydrogen-bond donors (Lipinski definition) is 0. The number of anilines is 1. The number of rotatable bonds is 8. The Morgan fingerprint density at radius 2 is 1.53 bits per heavy atom. The van der Waals surface area contributed by atoms with Crippen LogP contribution in [0.5, 0.6) is 11.5 Å². The van der Waals surface area contributed by atoms with Crippen LogP contribution in [0.4, 0.5) is 5.69 Å². The Kier molecular flexibility index (Phi) is 7.13. The Balaban J connectivity index is 1.12. The zero-order chi connectivity index (χ0) is 23.2. The zero-order valence-corrected chi connectivity index (χ0v) is 20.3. The zero-order valence-electron chi connectivity index (χ0n) is 19.5. The van der Waals surface area contributed by atoms with Crippen LogP contribution in [-0.2, 0) is 13.2 Å². The van der Waals surface area contributed by atoms with Crippen molar-refractivity contribution in [2.45, 2.75) is 13.2 Å². The van der Waals surface area contributed by atoms with E-state index in [0.29, 0.717) is 6.61 Å². The second-order valence-corrected chi connectivity index (χ2v) is 9.52. The van der Waals surface area contributed by atoms with Gasteiger partial charge in [-0.15, -0.1) is 11.3 Å². The Labute approximate surface area is 206 Å². The highest BCUT2D eigenvalue weighted by molar-refractivity contribution is 7.13. The maximum absolute atomic E-state index is 6.06. The fourth-order valence-electron chi connectivity index (χ4n) is 4.30. The Morgan fingerprint density at radius 3 is 2.24 bits per heavy atom. The third-order valence-electron chi connectivity index (χ3n) is 6.29. The van der Waals surface area contributed by atoms with E-state index in [9.17, 15) is 0 Å². The van der Waals surface area contributed by atoms with Gasteiger partial charge in [0.05, 0.1) is 7.11 Å². The molecular weight excluding hydrogens is 440 g/mol. The molecule has 0 radical (unpaired) electrons. The van der Waals surface area contributed by atoms with Crippen LogP contribution < -0.4 is 14.4 Å². The fourth-order valence-corrected chi connectivity index (χ4v) is 5.03. The molecule has 0 saturated carbocycles. The molecule has 0 aliphatic carbocycles. The summed E-state index contributed by atoms with van der Waals surface area (Å²) >= 11 is 1.79. The molecule has 0 bridgehead atoms. The highest BCUT2D eigenvalue weighted by atomic mass is 32.1. The summed E-state index contributed by atoms with van der Waals surface area (Å²) in [4.78, 5) is 6.33. The van der Waals surface area contributed by atoms with Crippen LogP contribution in [0.25, 0.3) is 10.4 Å². The van der Waals surface area contributed by atoms with E-state index in [4.69, 9.17) is 9.47 Å². The summed E-state index contributed by atoms with van der Waals surface area (Å²) in [6, 6.07) is 29.8. The molecule has 0 N–H and O–H groups in total. The van der Waals surface area contributed by atoms with Crippen LogP contribution in [0.15, 0.2) is 90.3 Å². The lowest BCUT2D eigenvalue weighted by atomic mass is 10.1. The molecule has 2 heterocycles. The first kappa shape index (κ1) is 22.5. The van der Waals surface area contributed by atoms with Crippen LogP contribution in [0.3, 0.4) is 0 Å². The van der Waals surface area contributed by atoms with Crippen LogP contribution in [0.2, 0.25) is 0 Å². The van der Waals surface area contributed by atoms with E-state index in [1.807, 2.05) is 30.3 Å². The summed E-state index contributed by atoms with van der Waals surface area (Å²) < 4.78 is 11.3. The summed E-state index contributed by atoms with van der Waals surface area (Å²) in [5.41, 5.74) is 5.04. The lowest BCUT2D eigenvalue weighted by Crippen LogP contribution is -2.45. The van der Waals surface area contributed by atoms with E-state index in [1.165, 1.54) is 21.7 Å². The molecular formula is C29H30N2O2S. The first-order chi connectivity index (χ1) is 16.8. The van der Waals surface area contributed by atoms with Gasteiger partial charge in [-0.05, 0) is 52.4 Å². The molecule has 0 spiro atoms. The molecule has 5 rings (SSSR count). The molecule has 5 heteroatoms. The first-order valence-corrected chi connectivity index (χ1v) is 12.6. The highest BCUT2D eigenvalue weighted by Crippen LogP contribution is 2.26. The standard InChI is InChI=1S/C29H30N2O2S/c1-32-27-13-9-24(10-14-27)22-33-28-5-2-4-26(20-28)31-17-15-30(16-18-31)21-23-7-11-25(12-8-23)29-6-3-19-34-29/h2-14,19-20H,15-18,21-22H2,1H3. The van der Waals surface area contributed by atoms with Crippen LogP contribution in [0, 0.1) is 0 Å². The molecule has 1 aliphatic rings. The number of methoxy groups -OCH3 is 1. The van der Waals surface area contributed by atoms with E-state index in [-0.39, 0.29) is 0 Å². The normalized spacial score (nSPS) is 14.2. The second-order valence-electron chi connectivity index (χ2n) is 8.57. The van der Waals surface area contributed by atoms with Crippen molar-refractivity contribution in [2.75, 3.05) is 38.2 Å². The van der Waals surface area contributed by atoms with E-state index in [1.54, 1.807) is 18.4 Å². The molecule has 34 heavy (non-hydrogen) atoms. The minimum atomic E-state index is 0.548. The molecule has 1 fully saturated rings. The Hall–Kier alpha value is -3.28. The number of hydrogen-bond acceptors (Lipinski definition) is 5. The molecule has 4 aromatic rings. The monoisotopic (exact) mass is 470 g/mol. The van der Waals surface area contributed by atoms with Crippen molar-refractivity contribution in [1.82, 2.24) is 4.90 Å².